The van der Waals surface area contributed by atoms with Crippen LogP contribution in [0, 0.1) is 0 Å². The van der Waals surface area contributed by atoms with Crippen LogP contribution in [0.1, 0.15) is 0 Å². The van der Waals surface area contributed by atoms with Crippen LogP contribution in [0.2, 0.25) is 0 Å². The Balaban J connectivity index is 2.00. The molecule has 1 aromatic carbocycles. The van der Waals surface area contributed by atoms with Crippen LogP contribution >= 0.6 is 0 Å². The van der Waals surface area contributed by atoms with Gasteiger partial charge >= 0.3 is 0 Å². The molecule has 90 valence electrons. The summed E-state index contributed by atoms with van der Waals surface area (Å²) in [4.78, 5) is 4.16. The zero-order valence-corrected chi connectivity index (χ0v) is 9.07. The van der Waals surface area contributed by atoms with Crippen LogP contribution in [0.4, 0.5) is 0 Å². The van der Waals surface area contributed by atoms with E-state index in [4.69, 9.17) is 8.94 Å². The Bertz CT molecular complexity index is 673. The normalized spacial score (nSPS) is 10.7. The summed E-state index contributed by atoms with van der Waals surface area (Å²) in [5.74, 6) is 0.205. The number of furan rings is 1. The number of aromatic nitrogens is 2. The maximum Gasteiger partial charge on any atom is 0.258 e. The van der Waals surface area contributed by atoms with E-state index in [0.717, 1.165) is 0 Å². The smallest absolute Gasteiger partial charge is 0.258 e. The van der Waals surface area contributed by atoms with Crippen molar-refractivity contribution >= 4 is 0 Å². The quantitative estimate of drug-likeness (QED) is 0.672. The molecule has 0 bridgehead atoms. The fourth-order valence-corrected chi connectivity index (χ4v) is 1.51. The monoisotopic (exact) mass is 244 g/mol. The molecule has 2 heterocycles. The molecule has 0 aliphatic heterocycles. The van der Waals surface area contributed by atoms with E-state index in [0.29, 0.717) is 17.0 Å². The predicted molar refractivity (Wildman–Crippen MR) is 60.8 cm³/mol. The zero-order chi connectivity index (χ0) is 12.5. The number of nitrogens with zero attached hydrogens (tertiary/aromatic N) is 2. The average Bonchev–Trinajstić information content (AvgIpc) is 3.01. The van der Waals surface area contributed by atoms with Crippen LogP contribution in [0.15, 0.2) is 45.7 Å². The van der Waals surface area contributed by atoms with Crippen LogP contribution in [-0.2, 0) is 0 Å². The molecule has 0 amide bonds. The molecule has 0 saturated carbocycles. The first-order valence-electron chi connectivity index (χ1n) is 5.12. The third-order valence-electron chi connectivity index (χ3n) is 2.43. The van der Waals surface area contributed by atoms with Gasteiger partial charge in [0.15, 0.2) is 11.5 Å². The van der Waals surface area contributed by atoms with Crippen LogP contribution in [0.5, 0.6) is 11.5 Å². The lowest BCUT2D eigenvalue weighted by atomic mass is 10.2. The first-order valence-corrected chi connectivity index (χ1v) is 5.12. The number of hydrogen-bond donors (Lipinski definition) is 2. The molecule has 3 aromatic rings. The molecular formula is C12H8N2O4. The van der Waals surface area contributed by atoms with Gasteiger partial charge in [0, 0.05) is 5.56 Å². The van der Waals surface area contributed by atoms with E-state index in [1.807, 2.05) is 0 Å². The van der Waals surface area contributed by atoms with Crippen molar-refractivity contribution in [3.05, 3.63) is 36.8 Å². The molecule has 0 atom stereocenters. The zero-order valence-electron chi connectivity index (χ0n) is 9.07. The van der Waals surface area contributed by atoms with Crippen molar-refractivity contribution in [1.82, 2.24) is 10.1 Å². The number of benzene rings is 1. The van der Waals surface area contributed by atoms with E-state index in [-0.39, 0.29) is 17.4 Å². The van der Waals surface area contributed by atoms with Gasteiger partial charge in [0.1, 0.15) is 6.26 Å². The summed E-state index contributed by atoms with van der Waals surface area (Å²) < 4.78 is 10.00. The molecule has 2 aromatic heterocycles. The standard InChI is InChI=1S/C12H8N2O4/c15-9-2-1-7(5-10(9)16)12-13-11(14-18-12)8-3-4-17-6-8/h1-6,15-16H. The molecule has 0 aliphatic rings. The summed E-state index contributed by atoms with van der Waals surface area (Å²) >= 11 is 0. The largest absolute Gasteiger partial charge is 0.504 e. The van der Waals surface area contributed by atoms with E-state index in [1.165, 1.54) is 24.7 Å². The van der Waals surface area contributed by atoms with Crippen molar-refractivity contribution in [2.24, 2.45) is 0 Å². The number of hydrogen-bond acceptors (Lipinski definition) is 6. The molecule has 0 radical (unpaired) electrons. The Hall–Kier alpha value is -2.76. The molecule has 0 spiro atoms. The fourth-order valence-electron chi connectivity index (χ4n) is 1.51. The minimum absolute atomic E-state index is 0.201. The van der Waals surface area contributed by atoms with E-state index < -0.39 is 0 Å². The van der Waals surface area contributed by atoms with Crippen molar-refractivity contribution < 1.29 is 19.2 Å². The number of aromatic hydroxyl groups is 2. The van der Waals surface area contributed by atoms with Crippen LogP contribution in [0.3, 0.4) is 0 Å². The van der Waals surface area contributed by atoms with Gasteiger partial charge in [0.2, 0.25) is 5.82 Å². The maximum absolute atomic E-state index is 9.40. The van der Waals surface area contributed by atoms with Crippen LogP contribution in [0.25, 0.3) is 22.8 Å². The van der Waals surface area contributed by atoms with E-state index >= 15 is 0 Å². The highest BCUT2D eigenvalue weighted by Crippen LogP contribution is 2.30. The number of rotatable bonds is 2. The van der Waals surface area contributed by atoms with Crippen molar-refractivity contribution in [2.75, 3.05) is 0 Å². The van der Waals surface area contributed by atoms with Gasteiger partial charge in [-0.3, -0.25) is 0 Å². The molecule has 6 heteroatoms. The third-order valence-corrected chi connectivity index (χ3v) is 2.43. The molecule has 0 saturated heterocycles. The summed E-state index contributed by atoms with van der Waals surface area (Å²) in [5, 5.41) is 22.4. The first kappa shape index (κ1) is 10.4. The Morgan fingerprint density at radius 1 is 1.00 bits per heavy atom. The Morgan fingerprint density at radius 2 is 1.89 bits per heavy atom. The molecule has 0 unspecified atom stereocenters. The molecule has 0 fully saturated rings. The summed E-state index contributed by atoms with van der Waals surface area (Å²) in [5.41, 5.74) is 1.22. The van der Waals surface area contributed by atoms with Crippen LogP contribution < -0.4 is 0 Å². The second-order valence-corrected chi connectivity index (χ2v) is 3.64. The van der Waals surface area contributed by atoms with Crippen molar-refractivity contribution in [2.45, 2.75) is 0 Å². The van der Waals surface area contributed by atoms with Gasteiger partial charge in [-0.15, -0.1) is 0 Å². The summed E-state index contributed by atoms with van der Waals surface area (Å²) in [6.45, 7) is 0. The molecule has 6 nitrogen and oxygen atoms in total. The van der Waals surface area contributed by atoms with Crippen LogP contribution in [-0.4, -0.2) is 20.4 Å². The van der Waals surface area contributed by atoms with Crippen molar-refractivity contribution in [3.8, 4) is 34.3 Å². The Labute approximate surface area is 101 Å². The topological polar surface area (TPSA) is 92.5 Å². The summed E-state index contributed by atoms with van der Waals surface area (Å²) in [6, 6.07) is 5.99. The van der Waals surface area contributed by atoms with Gasteiger partial charge in [0.25, 0.3) is 5.89 Å². The first-order chi connectivity index (χ1) is 8.74. The van der Waals surface area contributed by atoms with Crippen molar-refractivity contribution in [1.29, 1.82) is 0 Å². The molecule has 3 rings (SSSR count). The van der Waals surface area contributed by atoms with Gasteiger partial charge < -0.3 is 19.2 Å². The highest BCUT2D eigenvalue weighted by atomic mass is 16.5. The molecule has 18 heavy (non-hydrogen) atoms. The number of phenolic OH excluding ortho intramolecular Hbond substituents is 2. The molecule has 2 N–H and O–H groups in total. The second kappa shape index (κ2) is 3.92. The summed E-state index contributed by atoms with van der Waals surface area (Å²) in [6.07, 6.45) is 3.01. The second-order valence-electron chi connectivity index (χ2n) is 3.64. The lowest BCUT2D eigenvalue weighted by Gasteiger charge is -1.98. The average molecular weight is 244 g/mol. The Kier molecular flexibility index (Phi) is 2.26. The maximum atomic E-state index is 9.40. The van der Waals surface area contributed by atoms with Gasteiger partial charge in [-0.1, -0.05) is 5.16 Å². The highest BCUT2D eigenvalue weighted by molar-refractivity contribution is 5.61. The van der Waals surface area contributed by atoms with Gasteiger partial charge in [-0.05, 0) is 24.3 Å². The fraction of sp³-hybridized carbons (Fsp3) is 0. The third kappa shape index (κ3) is 1.69. The minimum Gasteiger partial charge on any atom is -0.504 e. The van der Waals surface area contributed by atoms with Gasteiger partial charge in [0.05, 0.1) is 11.8 Å². The minimum atomic E-state index is -0.240. The SMILES string of the molecule is Oc1ccc(-c2nc(-c3ccoc3)no2)cc1O. The van der Waals surface area contributed by atoms with Gasteiger partial charge in [-0.2, -0.15) is 4.98 Å². The lowest BCUT2D eigenvalue weighted by Crippen LogP contribution is -1.79. The van der Waals surface area contributed by atoms with E-state index in [2.05, 4.69) is 10.1 Å². The lowest BCUT2D eigenvalue weighted by molar-refractivity contribution is 0.402. The molecular weight excluding hydrogens is 236 g/mol. The Morgan fingerprint density at radius 3 is 2.61 bits per heavy atom. The van der Waals surface area contributed by atoms with E-state index in [9.17, 15) is 10.2 Å². The highest BCUT2D eigenvalue weighted by Gasteiger charge is 2.12. The molecule has 0 aliphatic carbocycles. The van der Waals surface area contributed by atoms with E-state index in [1.54, 1.807) is 12.1 Å². The van der Waals surface area contributed by atoms with Gasteiger partial charge in [-0.25, -0.2) is 0 Å². The predicted octanol–water partition coefficient (Wildman–Crippen LogP) is 2.41. The van der Waals surface area contributed by atoms with Crippen molar-refractivity contribution in [3.63, 3.8) is 0 Å². The number of phenols is 2. The summed E-state index contributed by atoms with van der Waals surface area (Å²) in [7, 11) is 0.